The molecule has 9 heteroatoms. The van der Waals surface area contributed by atoms with Crippen molar-refractivity contribution in [3.8, 4) is 0 Å². The van der Waals surface area contributed by atoms with Gasteiger partial charge in [0, 0.05) is 18.0 Å². The molecule has 0 spiro atoms. The number of halogens is 3. The number of hydrogen-bond acceptors (Lipinski definition) is 3. The van der Waals surface area contributed by atoms with Crippen molar-refractivity contribution in [3.63, 3.8) is 0 Å². The van der Waals surface area contributed by atoms with Gasteiger partial charge in [-0.1, -0.05) is 12.1 Å². The van der Waals surface area contributed by atoms with Gasteiger partial charge in [0.15, 0.2) is 0 Å². The first-order valence-electron chi connectivity index (χ1n) is 7.52. The number of benzene rings is 1. The molecule has 0 radical (unpaired) electrons. The summed E-state index contributed by atoms with van der Waals surface area (Å²) in [6.45, 7) is 2.92. The minimum absolute atomic E-state index is 0.492. The van der Waals surface area contributed by atoms with Crippen molar-refractivity contribution in [1.82, 2.24) is 9.88 Å². The minimum Gasteiger partial charge on any atom is -0.307 e. The first kappa shape index (κ1) is 19.2. The van der Waals surface area contributed by atoms with Crippen molar-refractivity contribution in [3.05, 3.63) is 63.6 Å². The second-order valence-electron chi connectivity index (χ2n) is 5.63. The highest BCUT2D eigenvalue weighted by Gasteiger charge is 2.31. The molecule has 2 aromatic rings. The van der Waals surface area contributed by atoms with Crippen LogP contribution in [-0.4, -0.2) is 16.5 Å². The molecule has 0 aliphatic rings. The zero-order valence-corrected chi connectivity index (χ0v) is 14.0. The number of nitrogens with one attached hydrogen (secondary N) is 2. The van der Waals surface area contributed by atoms with E-state index in [2.05, 4.69) is 5.32 Å². The van der Waals surface area contributed by atoms with Crippen molar-refractivity contribution < 1.29 is 22.8 Å². The van der Waals surface area contributed by atoms with E-state index in [9.17, 15) is 27.6 Å². The van der Waals surface area contributed by atoms with Crippen LogP contribution in [0.3, 0.4) is 0 Å². The van der Waals surface area contributed by atoms with E-state index in [1.807, 2.05) is 18.3 Å². The van der Waals surface area contributed by atoms with Gasteiger partial charge in [0.2, 0.25) is 5.91 Å². The maximum absolute atomic E-state index is 12.7. The SMILES string of the molecule is Cc1cccc(NC(=O)NC(=O)Cn2cc(C(F)(F)F)ccc2=O)c1C. The average molecular weight is 367 g/mol. The van der Waals surface area contributed by atoms with Crippen LogP contribution in [-0.2, 0) is 17.5 Å². The molecule has 0 fully saturated rings. The van der Waals surface area contributed by atoms with Gasteiger partial charge in [-0.05, 0) is 37.1 Å². The van der Waals surface area contributed by atoms with Crippen LogP contribution in [0.25, 0.3) is 0 Å². The van der Waals surface area contributed by atoms with E-state index in [0.717, 1.165) is 11.1 Å². The van der Waals surface area contributed by atoms with E-state index in [-0.39, 0.29) is 0 Å². The highest BCUT2D eigenvalue weighted by molar-refractivity contribution is 6.01. The van der Waals surface area contributed by atoms with Crippen molar-refractivity contribution >= 4 is 17.6 Å². The van der Waals surface area contributed by atoms with Crippen molar-refractivity contribution in [2.24, 2.45) is 0 Å². The molecular formula is C17H16F3N3O3. The summed E-state index contributed by atoms with van der Waals surface area (Å²) < 4.78 is 38.6. The standard InChI is InChI=1S/C17H16F3N3O3/c1-10-4-3-5-13(11(10)2)21-16(26)22-14(24)9-23-8-12(17(18,19)20)6-7-15(23)25/h3-8H,9H2,1-2H3,(H2,21,22,24,26). The maximum atomic E-state index is 12.7. The quantitative estimate of drug-likeness (QED) is 0.875. The molecule has 26 heavy (non-hydrogen) atoms. The Morgan fingerprint density at radius 2 is 1.81 bits per heavy atom. The zero-order chi connectivity index (χ0) is 19.5. The van der Waals surface area contributed by atoms with Gasteiger partial charge in [0.05, 0.1) is 5.56 Å². The van der Waals surface area contributed by atoms with Gasteiger partial charge >= 0.3 is 12.2 Å². The lowest BCUT2D eigenvalue weighted by molar-refractivity contribution is -0.138. The highest BCUT2D eigenvalue weighted by Crippen LogP contribution is 2.27. The summed E-state index contributed by atoms with van der Waals surface area (Å²) in [6, 6.07) is 5.72. The lowest BCUT2D eigenvalue weighted by Gasteiger charge is -2.12. The number of alkyl halides is 3. The molecule has 1 heterocycles. The minimum atomic E-state index is -4.65. The normalized spacial score (nSPS) is 11.1. The smallest absolute Gasteiger partial charge is 0.307 e. The number of imide groups is 1. The summed E-state index contributed by atoms with van der Waals surface area (Å²) in [6.07, 6.45) is -4.11. The molecule has 0 bridgehead atoms. The number of carbonyl (C=O) groups excluding carboxylic acids is 2. The Morgan fingerprint density at radius 1 is 1.12 bits per heavy atom. The number of pyridine rings is 1. The Labute approximate surface area is 146 Å². The Bertz CT molecular complexity index is 904. The van der Waals surface area contributed by atoms with E-state index in [0.29, 0.717) is 28.6 Å². The average Bonchev–Trinajstić information content (AvgIpc) is 2.52. The lowest BCUT2D eigenvalue weighted by Crippen LogP contribution is -2.38. The van der Waals surface area contributed by atoms with Crippen LogP contribution in [0.15, 0.2) is 41.3 Å². The van der Waals surface area contributed by atoms with Crippen LogP contribution < -0.4 is 16.2 Å². The van der Waals surface area contributed by atoms with Crippen LogP contribution in [0.4, 0.5) is 23.7 Å². The number of aryl methyl sites for hydroxylation is 1. The number of hydrogen-bond donors (Lipinski definition) is 2. The second kappa shape index (κ2) is 7.42. The zero-order valence-electron chi connectivity index (χ0n) is 14.0. The van der Waals surface area contributed by atoms with Crippen LogP contribution in [0.1, 0.15) is 16.7 Å². The summed E-state index contributed by atoms with van der Waals surface area (Å²) >= 11 is 0. The predicted molar refractivity (Wildman–Crippen MR) is 88.8 cm³/mol. The fourth-order valence-corrected chi connectivity index (χ4v) is 2.18. The number of amides is 3. The molecule has 138 valence electrons. The molecule has 1 aromatic heterocycles. The highest BCUT2D eigenvalue weighted by atomic mass is 19.4. The summed E-state index contributed by atoms with van der Waals surface area (Å²) in [7, 11) is 0. The molecule has 0 aliphatic carbocycles. The van der Waals surface area contributed by atoms with E-state index in [1.165, 1.54) is 0 Å². The number of rotatable bonds is 3. The van der Waals surface area contributed by atoms with Gasteiger partial charge in [-0.15, -0.1) is 0 Å². The molecule has 0 saturated heterocycles. The first-order valence-corrected chi connectivity index (χ1v) is 7.52. The number of aromatic nitrogens is 1. The molecule has 3 amide bonds. The van der Waals surface area contributed by atoms with Gasteiger partial charge < -0.3 is 9.88 Å². The third-order valence-corrected chi connectivity index (χ3v) is 3.73. The number of anilines is 1. The predicted octanol–water partition coefficient (Wildman–Crippen LogP) is 2.83. The molecule has 2 rings (SSSR count). The van der Waals surface area contributed by atoms with E-state index in [1.54, 1.807) is 19.1 Å². The molecule has 1 aromatic carbocycles. The van der Waals surface area contributed by atoms with Crippen molar-refractivity contribution in [1.29, 1.82) is 0 Å². The van der Waals surface area contributed by atoms with Crippen molar-refractivity contribution in [2.45, 2.75) is 26.6 Å². The Balaban J connectivity index is 2.06. The van der Waals surface area contributed by atoms with Crippen LogP contribution in [0.2, 0.25) is 0 Å². The number of nitrogens with zero attached hydrogens (tertiary/aromatic N) is 1. The topological polar surface area (TPSA) is 80.2 Å². The molecule has 0 atom stereocenters. The monoisotopic (exact) mass is 367 g/mol. The van der Waals surface area contributed by atoms with Gasteiger partial charge in [-0.2, -0.15) is 13.2 Å². The number of urea groups is 1. The molecule has 2 N–H and O–H groups in total. The molecular weight excluding hydrogens is 351 g/mol. The van der Waals surface area contributed by atoms with Gasteiger partial charge in [0.25, 0.3) is 5.56 Å². The summed E-state index contributed by atoms with van der Waals surface area (Å²) in [5, 5.41) is 4.46. The summed E-state index contributed by atoms with van der Waals surface area (Å²) in [5.74, 6) is -0.922. The largest absolute Gasteiger partial charge is 0.417 e. The summed E-state index contributed by atoms with van der Waals surface area (Å²) in [5.41, 5.74) is 0.383. The molecule has 6 nitrogen and oxygen atoms in total. The van der Waals surface area contributed by atoms with Gasteiger partial charge in [-0.3, -0.25) is 14.9 Å². The Kier molecular flexibility index (Phi) is 5.49. The van der Waals surface area contributed by atoms with Gasteiger partial charge in [-0.25, -0.2) is 4.79 Å². The first-order chi connectivity index (χ1) is 12.1. The fourth-order valence-electron chi connectivity index (χ4n) is 2.18. The van der Waals surface area contributed by atoms with Crippen LogP contribution in [0.5, 0.6) is 0 Å². The third-order valence-electron chi connectivity index (χ3n) is 3.73. The van der Waals surface area contributed by atoms with E-state index < -0.39 is 35.8 Å². The Hall–Kier alpha value is -3.10. The van der Waals surface area contributed by atoms with Crippen LogP contribution >= 0.6 is 0 Å². The lowest BCUT2D eigenvalue weighted by atomic mass is 10.1. The van der Waals surface area contributed by atoms with E-state index in [4.69, 9.17) is 0 Å². The molecule has 0 unspecified atom stereocenters. The third kappa shape index (κ3) is 4.71. The number of carbonyl (C=O) groups is 2. The van der Waals surface area contributed by atoms with E-state index >= 15 is 0 Å². The fraction of sp³-hybridized carbons (Fsp3) is 0.235. The van der Waals surface area contributed by atoms with Crippen LogP contribution in [0, 0.1) is 13.8 Å². The van der Waals surface area contributed by atoms with Crippen molar-refractivity contribution in [2.75, 3.05) is 5.32 Å². The van der Waals surface area contributed by atoms with Gasteiger partial charge in [0.1, 0.15) is 6.54 Å². The molecule has 0 aliphatic heterocycles. The Morgan fingerprint density at radius 3 is 2.46 bits per heavy atom. The maximum Gasteiger partial charge on any atom is 0.417 e. The molecule has 0 saturated carbocycles. The summed E-state index contributed by atoms with van der Waals surface area (Å²) in [4.78, 5) is 35.4. The second-order valence-corrected chi connectivity index (χ2v) is 5.63.